The van der Waals surface area contributed by atoms with Gasteiger partial charge >= 0.3 is 0 Å². The SMILES string of the molecule is CCN(C(=O)c1ccc2ccccc2n1)C1CCNC1. The summed E-state index contributed by atoms with van der Waals surface area (Å²) in [4.78, 5) is 19.1. The van der Waals surface area contributed by atoms with E-state index in [0.717, 1.165) is 37.0 Å². The number of carbonyl (C=O) groups is 1. The number of rotatable bonds is 3. The normalized spacial score (nSPS) is 18.4. The summed E-state index contributed by atoms with van der Waals surface area (Å²) in [6.45, 7) is 4.61. The number of aromatic nitrogens is 1. The van der Waals surface area contributed by atoms with Crippen molar-refractivity contribution in [3.63, 3.8) is 0 Å². The van der Waals surface area contributed by atoms with Gasteiger partial charge < -0.3 is 10.2 Å². The van der Waals surface area contributed by atoms with Gasteiger partial charge in [0.05, 0.1) is 5.52 Å². The molecule has 4 heteroatoms. The first kappa shape index (κ1) is 13.1. The third-order valence-corrected chi connectivity index (χ3v) is 3.89. The lowest BCUT2D eigenvalue weighted by molar-refractivity contribution is 0.0698. The zero-order valence-corrected chi connectivity index (χ0v) is 11.7. The van der Waals surface area contributed by atoms with Crippen molar-refractivity contribution >= 4 is 16.8 Å². The van der Waals surface area contributed by atoms with Gasteiger partial charge in [0.1, 0.15) is 5.69 Å². The molecule has 1 aromatic heterocycles. The van der Waals surface area contributed by atoms with Crippen molar-refractivity contribution in [3.05, 3.63) is 42.1 Å². The largest absolute Gasteiger partial charge is 0.333 e. The molecule has 2 heterocycles. The van der Waals surface area contributed by atoms with Crippen LogP contribution >= 0.6 is 0 Å². The molecule has 1 aliphatic rings. The van der Waals surface area contributed by atoms with Crippen LogP contribution in [0.4, 0.5) is 0 Å². The Morgan fingerprint density at radius 1 is 1.35 bits per heavy atom. The van der Waals surface area contributed by atoms with E-state index in [1.807, 2.05) is 48.2 Å². The minimum atomic E-state index is 0.0342. The number of para-hydroxylation sites is 1. The maximum absolute atomic E-state index is 12.6. The summed E-state index contributed by atoms with van der Waals surface area (Å²) < 4.78 is 0. The van der Waals surface area contributed by atoms with Gasteiger partial charge in [0.15, 0.2) is 0 Å². The van der Waals surface area contributed by atoms with Gasteiger partial charge in [-0.05, 0) is 32.0 Å². The highest BCUT2D eigenvalue weighted by Crippen LogP contribution is 2.16. The zero-order chi connectivity index (χ0) is 13.9. The molecule has 1 saturated heterocycles. The Labute approximate surface area is 118 Å². The van der Waals surface area contributed by atoms with Crippen LogP contribution in [0.15, 0.2) is 36.4 Å². The maximum atomic E-state index is 12.6. The van der Waals surface area contributed by atoms with E-state index in [1.54, 1.807) is 0 Å². The van der Waals surface area contributed by atoms with E-state index in [-0.39, 0.29) is 5.91 Å². The highest BCUT2D eigenvalue weighted by atomic mass is 16.2. The molecule has 0 saturated carbocycles. The summed E-state index contributed by atoms with van der Waals surface area (Å²) >= 11 is 0. The van der Waals surface area contributed by atoms with Crippen LogP contribution in [0.5, 0.6) is 0 Å². The van der Waals surface area contributed by atoms with Gasteiger partial charge in [-0.3, -0.25) is 4.79 Å². The van der Waals surface area contributed by atoms with Crippen molar-refractivity contribution in [1.82, 2.24) is 15.2 Å². The molecule has 0 spiro atoms. The summed E-state index contributed by atoms with van der Waals surface area (Å²) in [6, 6.07) is 12.0. The smallest absolute Gasteiger partial charge is 0.272 e. The van der Waals surface area contributed by atoms with Gasteiger partial charge in [0, 0.05) is 24.5 Å². The van der Waals surface area contributed by atoms with Crippen molar-refractivity contribution in [2.24, 2.45) is 0 Å². The van der Waals surface area contributed by atoms with E-state index in [1.165, 1.54) is 0 Å². The number of fused-ring (bicyclic) bond motifs is 1. The van der Waals surface area contributed by atoms with E-state index in [9.17, 15) is 4.79 Å². The van der Waals surface area contributed by atoms with Gasteiger partial charge in [-0.25, -0.2) is 4.98 Å². The van der Waals surface area contributed by atoms with Crippen molar-refractivity contribution in [1.29, 1.82) is 0 Å². The van der Waals surface area contributed by atoms with E-state index in [0.29, 0.717) is 11.7 Å². The van der Waals surface area contributed by atoms with Crippen LogP contribution in [0.25, 0.3) is 10.9 Å². The molecule has 3 rings (SSSR count). The molecule has 0 radical (unpaired) electrons. The Kier molecular flexibility index (Phi) is 3.65. The van der Waals surface area contributed by atoms with Crippen LogP contribution in [0.2, 0.25) is 0 Å². The minimum absolute atomic E-state index is 0.0342. The van der Waals surface area contributed by atoms with Gasteiger partial charge in [-0.2, -0.15) is 0 Å². The summed E-state index contributed by atoms with van der Waals surface area (Å²) in [5.41, 5.74) is 1.41. The van der Waals surface area contributed by atoms with Gasteiger partial charge in [-0.15, -0.1) is 0 Å². The number of hydrogen-bond donors (Lipinski definition) is 1. The predicted molar refractivity (Wildman–Crippen MR) is 79.7 cm³/mol. The molecule has 1 aromatic carbocycles. The zero-order valence-electron chi connectivity index (χ0n) is 11.7. The molecule has 0 aliphatic carbocycles. The first-order valence-electron chi connectivity index (χ1n) is 7.17. The second-order valence-electron chi connectivity index (χ2n) is 5.13. The number of likely N-dealkylation sites (N-methyl/N-ethyl adjacent to an activating group) is 1. The van der Waals surface area contributed by atoms with E-state index < -0.39 is 0 Å². The highest BCUT2D eigenvalue weighted by molar-refractivity contribution is 5.95. The molecule has 1 aliphatic heterocycles. The van der Waals surface area contributed by atoms with Crippen LogP contribution in [-0.2, 0) is 0 Å². The second kappa shape index (κ2) is 5.59. The number of amides is 1. The number of hydrogen-bond acceptors (Lipinski definition) is 3. The quantitative estimate of drug-likeness (QED) is 0.927. The lowest BCUT2D eigenvalue weighted by atomic mass is 10.1. The van der Waals surface area contributed by atoms with E-state index in [4.69, 9.17) is 0 Å². The molecule has 0 bridgehead atoms. The number of carbonyl (C=O) groups excluding carboxylic acids is 1. The Morgan fingerprint density at radius 2 is 2.20 bits per heavy atom. The predicted octanol–water partition coefficient (Wildman–Crippen LogP) is 2.06. The van der Waals surface area contributed by atoms with Crippen molar-refractivity contribution in [2.75, 3.05) is 19.6 Å². The summed E-state index contributed by atoms with van der Waals surface area (Å²) in [6.07, 6.45) is 1.02. The topological polar surface area (TPSA) is 45.2 Å². The Morgan fingerprint density at radius 3 is 2.95 bits per heavy atom. The van der Waals surface area contributed by atoms with Crippen LogP contribution in [0.3, 0.4) is 0 Å². The standard InChI is InChI=1S/C16H19N3O/c1-2-19(13-9-10-17-11-13)16(20)15-8-7-12-5-3-4-6-14(12)18-15/h3-8,13,17H,2,9-11H2,1H3. The van der Waals surface area contributed by atoms with Gasteiger partial charge in [0.2, 0.25) is 0 Å². The third kappa shape index (κ3) is 2.39. The number of benzene rings is 1. The number of nitrogens with one attached hydrogen (secondary N) is 1. The molecule has 2 aromatic rings. The third-order valence-electron chi connectivity index (χ3n) is 3.89. The number of nitrogens with zero attached hydrogens (tertiary/aromatic N) is 2. The molecule has 104 valence electrons. The fraction of sp³-hybridized carbons (Fsp3) is 0.375. The first-order valence-corrected chi connectivity index (χ1v) is 7.17. The first-order chi connectivity index (χ1) is 9.79. The van der Waals surface area contributed by atoms with E-state index in [2.05, 4.69) is 10.3 Å². The second-order valence-corrected chi connectivity index (χ2v) is 5.13. The monoisotopic (exact) mass is 269 g/mol. The summed E-state index contributed by atoms with van der Waals surface area (Å²) in [5, 5.41) is 4.37. The number of pyridine rings is 1. The lowest BCUT2D eigenvalue weighted by Crippen LogP contribution is -2.41. The molecule has 1 unspecified atom stereocenters. The van der Waals surface area contributed by atoms with Crippen LogP contribution in [0.1, 0.15) is 23.8 Å². The van der Waals surface area contributed by atoms with Crippen molar-refractivity contribution < 1.29 is 4.79 Å². The molecule has 1 amide bonds. The fourth-order valence-electron chi connectivity index (χ4n) is 2.81. The molecular weight excluding hydrogens is 250 g/mol. The molecular formula is C16H19N3O. The average molecular weight is 269 g/mol. The van der Waals surface area contributed by atoms with Crippen molar-refractivity contribution in [3.8, 4) is 0 Å². The van der Waals surface area contributed by atoms with Crippen LogP contribution in [0, 0.1) is 0 Å². The minimum Gasteiger partial charge on any atom is -0.333 e. The Balaban J connectivity index is 1.90. The molecule has 1 atom stereocenters. The maximum Gasteiger partial charge on any atom is 0.272 e. The molecule has 1 N–H and O–H groups in total. The average Bonchev–Trinajstić information content (AvgIpc) is 3.01. The highest BCUT2D eigenvalue weighted by Gasteiger charge is 2.26. The fourth-order valence-corrected chi connectivity index (χ4v) is 2.81. The van der Waals surface area contributed by atoms with E-state index >= 15 is 0 Å². The summed E-state index contributed by atoms with van der Waals surface area (Å²) in [5.74, 6) is 0.0342. The molecule has 20 heavy (non-hydrogen) atoms. The summed E-state index contributed by atoms with van der Waals surface area (Å²) in [7, 11) is 0. The van der Waals surface area contributed by atoms with Crippen LogP contribution < -0.4 is 5.32 Å². The Bertz CT molecular complexity index is 620. The van der Waals surface area contributed by atoms with Crippen LogP contribution in [-0.4, -0.2) is 41.5 Å². The Hall–Kier alpha value is -1.94. The molecule has 4 nitrogen and oxygen atoms in total. The van der Waals surface area contributed by atoms with Crippen molar-refractivity contribution in [2.45, 2.75) is 19.4 Å². The lowest BCUT2D eigenvalue weighted by Gasteiger charge is -2.26. The van der Waals surface area contributed by atoms with Gasteiger partial charge in [-0.1, -0.05) is 24.3 Å². The molecule has 1 fully saturated rings. The van der Waals surface area contributed by atoms with Gasteiger partial charge in [0.25, 0.3) is 5.91 Å².